The zero-order valence-corrected chi connectivity index (χ0v) is 15.9. The van der Waals surface area contributed by atoms with Crippen molar-refractivity contribution in [3.8, 4) is 11.5 Å². The van der Waals surface area contributed by atoms with Crippen molar-refractivity contribution in [3.63, 3.8) is 0 Å². The molecule has 1 saturated heterocycles. The molecule has 0 atom stereocenters. The molecule has 0 radical (unpaired) electrons. The Balaban J connectivity index is 1.53. The van der Waals surface area contributed by atoms with E-state index in [4.69, 9.17) is 4.74 Å². The maximum atomic E-state index is 12.7. The van der Waals surface area contributed by atoms with E-state index in [1.807, 2.05) is 47.4 Å². The van der Waals surface area contributed by atoms with Crippen LogP contribution in [0.4, 0.5) is 0 Å². The summed E-state index contributed by atoms with van der Waals surface area (Å²) in [5.74, 6) is 1.62. The quantitative estimate of drug-likeness (QED) is 0.854. The van der Waals surface area contributed by atoms with Gasteiger partial charge in [0.25, 0.3) is 11.8 Å². The predicted octanol–water partition coefficient (Wildman–Crippen LogP) is 0.908. The summed E-state index contributed by atoms with van der Waals surface area (Å²) in [6, 6.07) is 16.8. The molecule has 3 rings (SSSR count). The number of ether oxygens (including phenoxy) is 1. The lowest BCUT2D eigenvalue weighted by Gasteiger charge is -2.32. The molecule has 1 N–H and O–H groups in total. The van der Waals surface area contributed by atoms with Gasteiger partial charge in [-0.15, -0.1) is 0 Å². The van der Waals surface area contributed by atoms with Crippen LogP contribution in [0.25, 0.3) is 0 Å². The fourth-order valence-electron chi connectivity index (χ4n) is 3.05. The lowest BCUT2D eigenvalue weighted by molar-refractivity contribution is -0.896. The summed E-state index contributed by atoms with van der Waals surface area (Å²) in [6.45, 7) is 3.40. The highest BCUT2D eigenvalue weighted by atomic mass is 16.5. The summed E-state index contributed by atoms with van der Waals surface area (Å²) < 4.78 is 5.76. The molecule has 1 fully saturated rings. The third-order valence-corrected chi connectivity index (χ3v) is 4.74. The highest BCUT2D eigenvalue weighted by molar-refractivity contribution is 5.94. The van der Waals surface area contributed by atoms with Gasteiger partial charge in [0.1, 0.15) is 11.5 Å². The molecule has 2 amide bonds. The molecule has 27 heavy (non-hydrogen) atoms. The number of likely N-dealkylation sites (N-methyl/N-ethyl adjacent to an activating group) is 1. The molecule has 0 aliphatic carbocycles. The summed E-state index contributed by atoms with van der Waals surface area (Å²) >= 11 is 0. The summed E-state index contributed by atoms with van der Waals surface area (Å²) in [7, 11) is 3.54. The molecule has 0 saturated carbocycles. The van der Waals surface area contributed by atoms with Crippen LogP contribution in [-0.2, 0) is 4.79 Å². The second kappa shape index (κ2) is 8.68. The molecule has 142 valence electrons. The second-order valence-electron chi connectivity index (χ2n) is 6.95. The topological polar surface area (TPSA) is 54.3 Å². The van der Waals surface area contributed by atoms with Gasteiger partial charge < -0.3 is 19.4 Å². The number of carbonyl (C=O) groups is 2. The molecule has 2 aromatic carbocycles. The van der Waals surface area contributed by atoms with E-state index < -0.39 is 0 Å². The highest BCUT2D eigenvalue weighted by Crippen LogP contribution is 2.21. The van der Waals surface area contributed by atoms with Gasteiger partial charge in [-0.05, 0) is 36.4 Å². The minimum absolute atomic E-state index is 0.0271. The number of piperazine rings is 1. The largest absolute Gasteiger partial charge is 0.457 e. The Morgan fingerprint density at radius 2 is 1.56 bits per heavy atom. The van der Waals surface area contributed by atoms with Gasteiger partial charge in [0.05, 0.1) is 26.2 Å². The van der Waals surface area contributed by atoms with Crippen LogP contribution in [0, 0.1) is 0 Å². The van der Waals surface area contributed by atoms with Crippen molar-refractivity contribution in [1.82, 2.24) is 9.80 Å². The van der Waals surface area contributed by atoms with Crippen LogP contribution in [0.15, 0.2) is 54.6 Å². The Morgan fingerprint density at radius 3 is 2.15 bits per heavy atom. The summed E-state index contributed by atoms with van der Waals surface area (Å²) in [5.41, 5.74) is 0.656. The fourth-order valence-corrected chi connectivity index (χ4v) is 3.05. The van der Waals surface area contributed by atoms with Gasteiger partial charge in [0.2, 0.25) is 0 Å². The van der Waals surface area contributed by atoms with Crippen LogP contribution in [0.3, 0.4) is 0 Å². The molecule has 1 aliphatic heterocycles. The first-order chi connectivity index (χ1) is 13.0. The third-order valence-electron chi connectivity index (χ3n) is 4.74. The van der Waals surface area contributed by atoms with Crippen LogP contribution in [0.2, 0.25) is 0 Å². The number of rotatable bonds is 5. The number of quaternary nitrogens is 1. The Labute approximate surface area is 159 Å². The lowest BCUT2D eigenvalue weighted by Crippen LogP contribution is -3.15. The van der Waals surface area contributed by atoms with Crippen molar-refractivity contribution in [1.29, 1.82) is 0 Å². The summed E-state index contributed by atoms with van der Waals surface area (Å²) in [4.78, 5) is 29.2. The van der Waals surface area contributed by atoms with E-state index in [-0.39, 0.29) is 11.8 Å². The first kappa shape index (κ1) is 18.9. The highest BCUT2D eigenvalue weighted by Gasteiger charge is 2.26. The average molecular weight is 368 g/mol. The molecular formula is C21H26N3O3+. The lowest BCUT2D eigenvalue weighted by atomic mass is 10.1. The third kappa shape index (κ3) is 5.08. The van der Waals surface area contributed by atoms with E-state index in [0.29, 0.717) is 30.9 Å². The molecule has 6 heteroatoms. The summed E-state index contributed by atoms with van der Waals surface area (Å²) in [6.07, 6.45) is 0. The van der Waals surface area contributed by atoms with E-state index in [0.717, 1.165) is 18.8 Å². The van der Waals surface area contributed by atoms with Gasteiger partial charge in [-0.3, -0.25) is 9.59 Å². The number of para-hydroxylation sites is 1. The monoisotopic (exact) mass is 368 g/mol. The minimum atomic E-state index is 0.0271. The van der Waals surface area contributed by atoms with Gasteiger partial charge in [-0.25, -0.2) is 0 Å². The Kier molecular flexibility index (Phi) is 6.08. The normalized spacial score (nSPS) is 14.7. The van der Waals surface area contributed by atoms with Crippen molar-refractivity contribution < 1.29 is 19.2 Å². The van der Waals surface area contributed by atoms with Crippen LogP contribution in [0.5, 0.6) is 11.5 Å². The van der Waals surface area contributed by atoms with Crippen LogP contribution < -0.4 is 9.64 Å². The van der Waals surface area contributed by atoms with E-state index in [1.165, 1.54) is 4.90 Å². The number of hydrogen-bond donors (Lipinski definition) is 1. The zero-order valence-electron chi connectivity index (χ0n) is 15.9. The average Bonchev–Trinajstić information content (AvgIpc) is 2.69. The Bertz CT molecular complexity index is 767. The first-order valence-electron chi connectivity index (χ1n) is 9.19. The molecule has 0 spiro atoms. The van der Waals surface area contributed by atoms with E-state index in [9.17, 15) is 9.59 Å². The van der Waals surface area contributed by atoms with Gasteiger partial charge >= 0.3 is 0 Å². The number of carbonyl (C=O) groups excluding carboxylic acids is 2. The number of nitrogens with one attached hydrogen (secondary N) is 1. The predicted molar refractivity (Wildman–Crippen MR) is 103 cm³/mol. The number of amides is 2. The summed E-state index contributed by atoms with van der Waals surface area (Å²) in [5, 5.41) is 0. The van der Waals surface area contributed by atoms with E-state index in [2.05, 4.69) is 0 Å². The maximum absolute atomic E-state index is 12.7. The fraction of sp³-hybridized carbons (Fsp3) is 0.333. The minimum Gasteiger partial charge on any atom is -0.457 e. The number of nitrogens with zero attached hydrogens (tertiary/aromatic N) is 2. The molecule has 0 bridgehead atoms. The van der Waals surface area contributed by atoms with Gasteiger partial charge in [0.15, 0.2) is 6.54 Å². The molecule has 0 unspecified atom stereocenters. The van der Waals surface area contributed by atoms with Crippen molar-refractivity contribution in [2.75, 3.05) is 46.8 Å². The standard InChI is InChI=1S/C21H25N3O3/c1-22(2)20(25)16-23-12-14-24(15-13-23)21(26)17-8-10-19(11-9-17)27-18-6-4-3-5-7-18/h3-11H,12-16H2,1-2H3/p+1. The molecule has 6 nitrogen and oxygen atoms in total. The smallest absolute Gasteiger partial charge is 0.277 e. The van der Waals surface area contributed by atoms with Crippen LogP contribution in [0.1, 0.15) is 10.4 Å². The van der Waals surface area contributed by atoms with E-state index in [1.54, 1.807) is 31.1 Å². The van der Waals surface area contributed by atoms with Crippen molar-refractivity contribution in [2.45, 2.75) is 0 Å². The molecule has 1 heterocycles. The SMILES string of the molecule is CN(C)C(=O)C[NH+]1CCN(C(=O)c2ccc(Oc3ccccc3)cc2)CC1. The van der Waals surface area contributed by atoms with Gasteiger partial charge in [-0.2, -0.15) is 0 Å². The van der Waals surface area contributed by atoms with Crippen LogP contribution in [-0.4, -0.2) is 68.4 Å². The Hall–Kier alpha value is -2.86. The molecular weight excluding hydrogens is 342 g/mol. The van der Waals surface area contributed by atoms with E-state index >= 15 is 0 Å². The van der Waals surface area contributed by atoms with Gasteiger partial charge in [0, 0.05) is 19.7 Å². The molecule has 2 aromatic rings. The number of hydrogen-bond acceptors (Lipinski definition) is 3. The number of benzene rings is 2. The van der Waals surface area contributed by atoms with Crippen molar-refractivity contribution in [3.05, 3.63) is 60.2 Å². The van der Waals surface area contributed by atoms with Crippen molar-refractivity contribution in [2.24, 2.45) is 0 Å². The van der Waals surface area contributed by atoms with Gasteiger partial charge in [-0.1, -0.05) is 18.2 Å². The van der Waals surface area contributed by atoms with Crippen molar-refractivity contribution >= 4 is 11.8 Å². The second-order valence-corrected chi connectivity index (χ2v) is 6.95. The zero-order chi connectivity index (χ0) is 19.2. The first-order valence-corrected chi connectivity index (χ1v) is 9.19. The molecule has 1 aliphatic rings. The van der Waals surface area contributed by atoms with Crippen LogP contribution >= 0.6 is 0 Å². The molecule has 0 aromatic heterocycles. The maximum Gasteiger partial charge on any atom is 0.277 e. The Morgan fingerprint density at radius 1 is 0.963 bits per heavy atom.